The fourth-order valence-electron chi connectivity index (χ4n) is 1.59. The van der Waals surface area contributed by atoms with Crippen LogP contribution >= 0.6 is 0 Å². The Bertz CT molecular complexity index is 628. The van der Waals surface area contributed by atoms with Gasteiger partial charge in [-0.1, -0.05) is 5.21 Å². The van der Waals surface area contributed by atoms with Crippen LogP contribution in [-0.2, 0) is 6.42 Å². The van der Waals surface area contributed by atoms with Crippen molar-refractivity contribution in [3.63, 3.8) is 0 Å². The second-order valence-corrected chi connectivity index (χ2v) is 3.71. The van der Waals surface area contributed by atoms with Crippen LogP contribution in [0.2, 0.25) is 0 Å². The van der Waals surface area contributed by atoms with Gasteiger partial charge in [-0.2, -0.15) is 0 Å². The van der Waals surface area contributed by atoms with Crippen molar-refractivity contribution in [1.82, 2.24) is 15.0 Å². The second kappa shape index (κ2) is 5.06. The van der Waals surface area contributed by atoms with Crippen molar-refractivity contribution in [2.45, 2.75) is 6.42 Å². The number of nitro groups is 1. The quantitative estimate of drug-likeness (QED) is 0.658. The van der Waals surface area contributed by atoms with Crippen molar-refractivity contribution in [2.75, 3.05) is 6.54 Å². The Morgan fingerprint density at radius 2 is 2.16 bits per heavy atom. The molecule has 0 bridgehead atoms. The van der Waals surface area contributed by atoms with E-state index in [-0.39, 0.29) is 0 Å². The molecule has 0 aliphatic carbocycles. The summed E-state index contributed by atoms with van der Waals surface area (Å²) >= 11 is 0. The molecular formula is C10H9F2N5O2. The zero-order valence-corrected chi connectivity index (χ0v) is 9.58. The molecule has 19 heavy (non-hydrogen) atoms. The fraction of sp³-hybridized carbons (Fsp3) is 0.200. The van der Waals surface area contributed by atoms with Gasteiger partial charge in [0, 0.05) is 12.5 Å². The predicted octanol–water partition coefficient (Wildman–Crippen LogP) is 0.955. The van der Waals surface area contributed by atoms with E-state index < -0.39 is 27.9 Å². The van der Waals surface area contributed by atoms with Gasteiger partial charge < -0.3 is 5.73 Å². The Balaban J connectivity index is 2.56. The number of benzene rings is 1. The van der Waals surface area contributed by atoms with Crippen LogP contribution in [0.3, 0.4) is 0 Å². The highest BCUT2D eigenvalue weighted by Crippen LogP contribution is 2.26. The standard InChI is InChI=1S/C10H9F2N5O2/c11-6-3-8(12)10(9(4-6)17(18)19)16-5-7(1-2-13)14-15-16/h3-5H,1-2,13H2. The van der Waals surface area contributed by atoms with E-state index in [1.54, 1.807) is 0 Å². The van der Waals surface area contributed by atoms with E-state index in [4.69, 9.17) is 5.73 Å². The number of nitrogens with zero attached hydrogens (tertiary/aromatic N) is 4. The SMILES string of the molecule is NCCc1cn(-c2c(F)cc(F)cc2[N+](=O)[O-])nn1. The molecule has 0 amide bonds. The first kappa shape index (κ1) is 13.0. The van der Waals surface area contributed by atoms with Gasteiger partial charge in [0.05, 0.1) is 22.9 Å². The average Bonchev–Trinajstić information content (AvgIpc) is 2.76. The van der Waals surface area contributed by atoms with Crippen molar-refractivity contribution in [1.29, 1.82) is 0 Å². The minimum absolute atomic E-state index is 0.312. The molecule has 2 rings (SSSR count). The van der Waals surface area contributed by atoms with Crippen molar-refractivity contribution in [3.05, 3.63) is 45.8 Å². The van der Waals surface area contributed by atoms with Gasteiger partial charge in [0.15, 0.2) is 11.5 Å². The van der Waals surface area contributed by atoms with Crippen molar-refractivity contribution in [2.24, 2.45) is 5.73 Å². The van der Waals surface area contributed by atoms with E-state index in [1.165, 1.54) is 6.20 Å². The average molecular weight is 269 g/mol. The normalized spacial score (nSPS) is 10.7. The third-order valence-corrected chi connectivity index (χ3v) is 2.38. The Kier molecular flexibility index (Phi) is 3.47. The van der Waals surface area contributed by atoms with Crippen LogP contribution in [0, 0.1) is 21.7 Å². The van der Waals surface area contributed by atoms with Crippen LogP contribution in [0.1, 0.15) is 5.69 Å². The Labute approximate surface area is 105 Å². The van der Waals surface area contributed by atoms with E-state index in [0.29, 0.717) is 30.8 Å². The zero-order valence-electron chi connectivity index (χ0n) is 9.58. The molecule has 0 spiro atoms. The summed E-state index contributed by atoms with van der Waals surface area (Å²) in [7, 11) is 0. The number of rotatable bonds is 4. The molecule has 0 fully saturated rings. The first-order valence-electron chi connectivity index (χ1n) is 5.28. The van der Waals surface area contributed by atoms with Gasteiger partial charge in [0.2, 0.25) is 0 Å². The van der Waals surface area contributed by atoms with Crippen LogP contribution in [-0.4, -0.2) is 26.5 Å². The van der Waals surface area contributed by atoms with Gasteiger partial charge in [-0.25, -0.2) is 13.5 Å². The number of aromatic nitrogens is 3. The van der Waals surface area contributed by atoms with Gasteiger partial charge in [0.1, 0.15) is 5.82 Å². The lowest BCUT2D eigenvalue weighted by molar-refractivity contribution is -0.385. The van der Waals surface area contributed by atoms with Gasteiger partial charge in [-0.05, 0) is 6.54 Å². The molecule has 2 aromatic rings. The summed E-state index contributed by atoms with van der Waals surface area (Å²) < 4.78 is 27.6. The fourth-order valence-corrected chi connectivity index (χ4v) is 1.59. The third-order valence-electron chi connectivity index (χ3n) is 2.38. The summed E-state index contributed by atoms with van der Waals surface area (Å²) in [6.45, 7) is 0.312. The van der Waals surface area contributed by atoms with E-state index in [0.717, 1.165) is 4.68 Å². The number of nitrogens with two attached hydrogens (primary N) is 1. The second-order valence-electron chi connectivity index (χ2n) is 3.71. The topological polar surface area (TPSA) is 99.9 Å². The highest BCUT2D eigenvalue weighted by Gasteiger charge is 2.23. The molecule has 2 N–H and O–H groups in total. The molecule has 0 atom stereocenters. The predicted molar refractivity (Wildman–Crippen MR) is 60.7 cm³/mol. The summed E-state index contributed by atoms with van der Waals surface area (Å²) in [4.78, 5) is 9.94. The lowest BCUT2D eigenvalue weighted by Gasteiger charge is -2.03. The molecule has 0 radical (unpaired) electrons. The van der Waals surface area contributed by atoms with Gasteiger partial charge >= 0.3 is 5.69 Å². The van der Waals surface area contributed by atoms with Crippen LogP contribution < -0.4 is 5.73 Å². The molecule has 0 saturated carbocycles. The largest absolute Gasteiger partial charge is 0.330 e. The maximum atomic E-state index is 13.7. The highest BCUT2D eigenvalue weighted by molar-refractivity contribution is 5.53. The molecule has 0 unspecified atom stereocenters. The third kappa shape index (κ3) is 2.55. The Morgan fingerprint density at radius 3 is 2.79 bits per heavy atom. The molecule has 1 aromatic heterocycles. The minimum atomic E-state index is -1.09. The van der Waals surface area contributed by atoms with Crippen LogP contribution in [0.5, 0.6) is 0 Å². The summed E-state index contributed by atoms with van der Waals surface area (Å²) in [6.07, 6.45) is 1.72. The van der Waals surface area contributed by atoms with Crippen molar-refractivity contribution in [3.8, 4) is 5.69 Å². The lowest BCUT2D eigenvalue weighted by Crippen LogP contribution is -2.05. The number of hydrogen-bond donors (Lipinski definition) is 1. The van der Waals surface area contributed by atoms with E-state index in [2.05, 4.69) is 10.3 Å². The van der Waals surface area contributed by atoms with Gasteiger partial charge in [0.25, 0.3) is 0 Å². The Hall–Kier alpha value is -2.42. The summed E-state index contributed by atoms with van der Waals surface area (Å²) in [6, 6.07) is 1.18. The molecule has 0 aliphatic rings. The molecule has 1 aromatic carbocycles. The van der Waals surface area contributed by atoms with Crippen molar-refractivity contribution >= 4 is 5.69 Å². The highest BCUT2D eigenvalue weighted by atomic mass is 19.1. The van der Waals surface area contributed by atoms with Gasteiger partial charge in [-0.3, -0.25) is 10.1 Å². The molecule has 7 nitrogen and oxygen atoms in total. The van der Waals surface area contributed by atoms with Crippen molar-refractivity contribution < 1.29 is 13.7 Å². The maximum absolute atomic E-state index is 13.7. The summed E-state index contributed by atoms with van der Waals surface area (Å²) in [5, 5.41) is 18.1. The molecule has 0 aliphatic heterocycles. The van der Waals surface area contributed by atoms with E-state index in [9.17, 15) is 18.9 Å². The molecule has 100 valence electrons. The Morgan fingerprint density at radius 1 is 1.42 bits per heavy atom. The van der Waals surface area contributed by atoms with Crippen LogP contribution in [0.25, 0.3) is 5.69 Å². The molecule has 1 heterocycles. The zero-order chi connectivity index (χ0) is 14.0. The first-order chi connectivity index (χ1) is 9.02. The summed E-state index contributed by atoms with van der Waals surface area (Å²) in [5.41, 5.74) is 4.61. The monoisotopic (exact) mass is 269 g/mol. The molecule has 9 heteroatoms. The smallest absolute Gasteiger partial charge is 0.300 e. The maximum Gasteiger partial charge on any atom is 0.300 e. The van der Waals surface area contributed by atoms with Gasteiger partial charge in [-0.15, -0.1) is 5.10 Å². The summed E-state index contributed by atoms with van der Waals surface area (Å²) in [5.74, 6) is -2.12. The molecule has 0 saturated heterocycles. The van der Waals surface area contributed by atoms with Crippen LogP contribution in [0.15, 0.2) is 18.3 Å². The first-order valence-corrected chi connectivity index (χ1v) is 5.28. The number of hydrogen-bond acceptors (Lipinski definition) is 5. The lowest BCUT2D eigenvalue weighted by atomic mass is 10.2. The van der Waals surface area contributed by atoms with Crippen LogP contribution in [0.4, 0.5) is 14.5 Å². The number of nitro benzene ring substituents is 1. The number of halogens is 2. The van der Waals surface area contributed by atoms with E-state index >= 15 is 0 Å². The molecular weight excluding hydrogens is 260 g/mol. The minimum Gasteiger partial charge on any atom is -0.330 e. The van der Waals surface area contributed by atoms with E-state index in [1.807, 2.05) is 0 Å².